The largest absolute Gasteiger partial charge is 0.497 e. The summed E-state index contributed by atoms with van der Waals surface area (Å²) in [7, 11) is 3.11. The molecule has 188 valence electrons. The van der Waals surface area contributed by atoms with E-state index >= 15 is 0 Å². The van der Waals surface area contributed by atoms with Crippen LogP contribution in [0.5, 0.6) is 11.5 Å². The molecule has 1 heterocycles. The molecule has 3 atom stereocenters. The van der Waals surface area contributed by atoms with Crippen LogP contribution in [0.3, 0.4) is 0 Å². The number of benzene rings is 3. The highest BCUT2D eigenvalue weighted by atomic mass is 35.5. The third-order valence-electron chi connectivity index (χ3n) is 6.87. The average molecular weight is 528 g/mol. The molecule has 3 aromatic rings. The Hall–Kier alpha value is -3.22. The summed E-state index contributed by atoms with van der Waals surface area (Å²) in [5.41, 5.74) is 0.798. The first-order valence-electron chi connectivity index (χ1n) is 11.4. The third-order valence-corrected chi connectivity index (χ3v) is 7.36. The lowest BCUT2D eigenvalue weighted by molar-refractivity contribution is -0.167. The lowest BCUT2D eigenvalue weighted by Gasteiger charge is -2.48. The number of halogens is 2. The molecule has 6 nitrogen and oxygen atoms in total. The minimum Gasteiger partial charge on any atom is -0.497 e. The van der Waals surface area contributed by atoms with Gasteiger partial charge in [-0.3, -0.25) is 9.59 Å². The Bertz CT molecular complexity index is 1280. The van der Waals surface area contributed by atoms with E-state index in [0.717, 1.165) is 16.7 Å². The molecule has 1 N–H and O–H groups in total. The van der Waals surface area contributed by atoms with Gasteiger partial charge in [-0.05, 0) is 60.9 Å². The van der Waals surface area contributed by atoms with E-state index in [4.69, 9.17) is 32.7 Å². The van der Waals surface area contributed by atoms with Gasteiger partial charge >= 0.3 is 5.97 Å². The molecule has 1 saturated heterocycles. The summed E-state index contributed by atoms with van der Waals surface area (Å²) in [5.74, 6) is -0.819. The number of piperidine rings is 1. The van der Waals surface area contributed by atoms with E-state index in [2.05, 4.69) is 0 Å². The Balaban J connectivity index is 1.90. The number of carboxylic acid groups (broad SMARTS) is 1. The van der Waals surface area contributed by atoms with Gasteiger partial charge in [-0.15, -0.1) is 0 Å². The second kappa shape index (κ2) is 10.4. The van der Waals surface area contributed by atoms with Crippen molar-refractivity contribution in [2.24, 2.45) is 5.41 Å². The normalized spacial score (nSPS) is 21.8. The summed E-state index contributed by atoms with van der Waals surface area (Å²) in [6, 6.07) is 19.5. The summed E-state index contributed by atoms with van der Waals surface area (Å²) in [5, 5.41) is 11.3. The topological polar surface area (TPSA) is 76.1 Å². The number of likely N-dealkylation sites (tertiary alicyclic amines) is 1. The first-order valence-corrected chi connectivity index (χ1v) is 12.2. The molecule has 1 amide bonds. The van der Waals surface area contributed by atoms with Crippen LogP contribution in [-0.4, -0.2) is 36.1 Å². The maximum atomic E-state index is 13.9. The molecule has 0 bridgehead atoms. The van der Waals surface area contributed by atoms with Gasteiger partial charge in [0.2, 0.25) is 5.91 Å². The highest BCUT2D eigenvalue weighted by Gasteiger charge is 2.54. The molecule has 0 spiro atoms. The van der Waals surface area contributed by atoms with Crippen molar-refractivity contribution in [1.82, 2.24) is 4.90 Å². The number of aliphatic carboxylic acids is 1. The van der Waals surface area contributed by atoms with Crippen LogP contribution in [0.4, 0.5) is 0 Å². The standard InChI is InChI=1S/C28H27Cl2NO5/c1-28(27(33)34)15-23(18-5-4-6-21(30)13-18)25(17-7-10-20(29)11-8-17)31(26(28)32)16-19-9-12-22(35-2)14-24(19)36-3/h4-14,23,25H,15-16H2,1-3H3,(H,33,34)/t23-,25-,28?/m1/s1. The fourth-order valence-electron chi connectivity index (χ4n) is 4.92. The van der Waals surface area contributed by atoms with Crippen molar-refractivity contribution in [2.75, 3.05) is 14.2 Å². The van der Waals surface area contributed by atoms with Crippen LogP contribution in [-0.2, 0) is 16.1 Å². The molecule has 0 saturated carbocycles. The Morgan fingerprint density at radius 1 is 1.00 bits per heavy atom. The number of ether oxygens (including phenoxy) is 2. The minimum atomic E-state index is -1.63. The zero-order valence-electron chi connectivity index (χ0n) is 20.2. The van der Waals surface area contributed by atoms with Crippen LogP contribution in [0.15, 0.2) is 66.7 Å². The Kier molecular flexibility index (Phi) is 7.48. The maximum absolute atomic E-state index is 13.9. The first-order chi connectivity index (χ1) is 17.2. The van der Waals surface area contributed by atoms with Crippen molar-refractivity contribution in [3.8, 4) is 11.5 Å². The summed E-state index contributed by atoms with van der Waals surface area (Å²) in [6.07, 6.45) is 0.116. The van der Waals surface area contributed by atoms with Crippen molar-refractivity contribution in [1.29, 1.82) is 0 Å². The second-order valence-electron chi connectivity index (χ2n) is 9.11. The number of carboxylic acids is 1. The van der Waals surface area contributed by atoms with E-state index in [9.17, 15) is 14.7 Å². The van der Waals surface area contributed by atoms with Gasteiger partial charge in [0.15, 0.2) is 0 Å². The van der Waals surface area contributed by atoms with Crippen LogP contribution in [0.25, 0.3) is 0 Å². The molecule has 1 fully saturated rings. The number of methoxy groups -OCH3 is 2. The number of amides is 1. The predicted octanol–water partition coefficient (Wildman–Crippen LogP) is 6.36. The molecule has 1 unspecified atom stereocenters. The molecular formula is C28H27Cl2NO5. The lowest BCUT2D eigenvalue weighted by Crippen LogP contribution is -2.54. The highest BCUT2D eigenvalue weighted by molar-refractivity contribution is 6.30. The van der Waals surface area contributed by atoms with Crippen LogP contribution >= 0.6 is 23.2 Å². The van der Waals surface area contributed by atoms with Gasteiger partial charge in [0.05, 0.1) is 20.3 Å². The summed E-state index contributed by atoms with van der Waals surface area (Å²) < 4.78 is 10.9. The van der Waals surface area contributed by atoms with E-state index in [1.807, 2.05) is 36.4 Å². The first kappa shape index (κ1) is 25.9. The zero-order valence-corrected chi connectivity index (χ0v) is 21.7. The molecule has 1 aliphatic rings. The van der Waals surface area contributed by atoms with Gasteiger partial charge in [0, 0.05) is 34.1 Å². The fraction of sp³-hybridized carbons (Fsp3) is 0.286. The number of carbonyl (C=O) groups excluding carboxylic acids is 1. The van der Waals surface area contributed by atoms with Gasteiger partial charge in [0.25, 0.3) is 0 Å². The number of nitrogens with zero attached hydrogens (tertiary/aromatic N) is 1. The Morgan fingerprint density at radius 2 is 1.72 bits per heavy atom. The van der Waals surface area contributed by atoms with Crippen LogP contribution in [0.1, 0.15) is 42.0 Å². The zero-order chi connectivity index (χ0) is 26.0. The Morgan fingerprint density at radius 3 is 2.33 bits per heavy atom. The second-order valence-corrected chi connectivity index (χ2v) is 9.98. The lowest BCUT2D eigenvalue weighted by atomic mass is 9.68. The molecule has 8 heteroatoms. The third kappa shape index (κ3) is 4.88. The van der Waals surface area contributed by atoms with Gasteiger partial charge in [-0.1, -0.05) is 47.5 Å². The van der Waals surface area contributed by atoms with E-state index in [1.165, 1.54) is 6.92 Å². The molecule has 1 aliphatic heterocycles. The molecule has 0 aliphatic carbocycles. The van der Waals surface area contributed by atoms with Crippen molar-refractivity contribution in [2.45, 2.75) is 31.8 Å². The fourth-order valence-corrected chi connectivity index (χ4v) is 5.25. The van der Waals surface area contributed by atoms with E-state index in [1.54, 1.807) is 49.5 Å². The van der Waals surface area contributed by atoms with Gasteiger partial charge in [-0.25, -0.2) is 0 Å². The van der Waals surface area contributed by atoms with Crippen LogP contribution in [0, 0.1) is 5.41 Å². The van der Waals surface area contributed by atoms with Gasteiger partial charge in [-0.2, -0.15) is 0 Å². The van der Waals surface area contributed by atoms with Crippen LogP contribution in [0.2, 0.25) is 10.0 Å². The Labute approximate surface area is 220 Å². The van der Waals surface area contributed by atoms with Crippen LogP contribution < -0.4 is 9.47 Å². The summed E-state index contributed by atoms with van der Waals surface area (Å²) >= 11 is 12.5. The van der Waals surface area contributed by atoms with E-state index < -0.39 is 23.3 Å². The van der Waals surface area contributed by atoms with Gasteiger partial charge in [0.1, 0.15) is 16.9 Å². The van der Waals surface area contributed by atoms with Crippen molar-refractivity contribution in [3.63, 3.8) is 0 Å². The summed E-state index contributed by atoms with van der Waals surface area (Å²) in [4.78, 5) is 28.1. The number of carbonyl (C=O) groups is 2. The summed E-state index contributed by atoms with van der Waals surface area (Å²) in [6.45, 7) is 1.63. The molecule has 0 radical (unpaired) electrons. The monoisotopic (exact) mass is 527 g/mol. The average Bonchev–Trinajstić information content (AvgIpc) is 2.87. The number of rotatable bonds is 7. The SMILES string of the molecule is COc1ccc(CN2C(=O)C(C)(C(=O)O)C[C@H](c3cccc(Cl)c3)[C@H]2c2ccc(Cl)cc2)c(OC)c1. The van der Waals surface area contributed by atoms with Crippen molar-refractivity contribution in [3.05, 3.63) is 93.5 Å². The highest BCUT2D eigenvalue weighted by Crippen LogP contribution is 2.51. The number of hydrogen-bond acceptors (Lipinski definition) is 4. The molecule has 4 rings (SSSR count). The molecule has 0 aromatic heterocycles. The minimum absolute atomic E-state index is 0.116. The van der Waals surface area contributed by atoms with E-state index in [-0.39, 0.29) is 18.9 Å². The molecule has 36 heavy (non-hydrogen) atoms. The maximum Gasteiger partial charge on any atom is 0.318 e. The van der Waals surface area contributed by atoms with Crippen molar-refractivity contribution < 1.29 is 24.2 Å². The number of hydrogen-bond donors (Lipinski definition) is 1. The van der Waals surface area contributed by atoms with Gasteiger partial charge < -0.3 is 19.5 Å². The molecule has 3 aromatic carbocycles. The molecular weight excluding hydrogens is 501 g/mol. The quantitative estimate of drug-likeness (QED) is 0.362. The predicted molar refractivity (Wildman–Crippen MR) is 139 cm³/mol. The smallest absolute Gasteiger partial charge is 0.318 e. The van der Waals surface area contributed by atoms with E-state index in [0.29, 0.717) is 21.5 Å². The van der Waals surface area contributed by atoms with Crippen molar-refractivity contribution >= 4 is 35.1 Å².